The van der Waals surface area contributed by atoms with Gasteiger partial charge in [0.05, 0.1) is 6.10 Å². The second-order valence-corrected chi connectivity index (χ2v) is 5.51. The highest BCUT2D eigenvalue weighted by Crippen LogP contribution is 2.20. The Morgan fingerprint density at radius 2 is 2.19 bits per heavy atom. The minimum atomic E-state index is -0.184. The molecule has 0 aromatic heterocycles. The van der Waals surface area contributed by atoms with E-state index in [0.717, 1.165) is 19.0 Å². The van der Waals surface area contributed by atoms with Crippen molar-refractivity contribution in [2.45, 2.75) is 51.2 Å². The summed E-state index contributed by atoms with van der Waals surface area (Å²) in [6.07, 6.45) is 6.39. The van der Waals surface area contributed by atoms with Gasteiger partial charge in [0.15, 0.2) is 0 Å². The number of hydrogen-bond donors (Lipinski definition) is 2. The van der Waals surface area contributed by atoms with Gasteiger partial charge in [-0.2, -0.15) is 0 Å². The SMILES string of the molecule is CCC1CCCN(CC(O)CNC2CC2)C1. The van der Waals surface area contributed by atoms with Crippen LogP contribution in [0.5, 0.6) is 0 Å². The van der Waals surface area contributed by atoms with Crippen molar-refractivity contribution < 1.29 is 5.11 Å². The average Bonchev–Trinajstić information content (AvgIpc) is 3.10. The standard InChI is InChI=1S/C13H26N2O/c1-2-11-4-3-7-15(9-11)10-13(16)8-14-12-5-6-12/h11-14,16H,2-10H2,1H3. The summed E-state index contributed by atoms with van der Waals surface area (Å²) in [6.45, 7) is 6.28. The van der Waals surface area contributed by atoms with Gasteiger partial charge in [0.2, 0.25) is 0 Å². The normalized spacial score (nSPS) is 29.2. The Morgan fingerprint density at radius 1 is 1.38 bits per heavy atom. The molecule has 2 rings (SSSR count). The number of aliphatic hydroxyl groups is 1. The first-order valence-electron chi connectivity index (χ1n) is 6.91. The third-order valence-electron chi connectivity index (χ3n) is 3.87. The summed E-state index contributed by atoms with van der Waals surface area (Å²) in [7, 11) is 0. The van der Waals surface area contributed by atoms with Gasteiger partial charge in [-0.1, -0.05) is 13.3 Å². The van der Waals surface area contributed by atoms with E-state index in [4.69, 9.17) is 0 Å². The van der Waals surface area contributed by atoms with Gasteiger partial charge in [-0.3, -0.25) is 0 Å². The number of rotatable bonds is 6. The number of nitrogens with zero attached hydrogens (tertiary/aromatic N) is 1. The van der Waals surface area contributed by atoms with Gasteiger partial charge in [-0.25, -0.2) is 0 Å². The molecule has 2 aliphatic rings. The Balaban J connectivity index is 1.62. The van der Waals surface area contributed by atoms with E-state index in [-0.39, 0.29) is 6.10 Å². The van der Waals surface area contributed by atoms with Crippen LogP contribution < -0.4 is 5.32 Å². The molecule has 2 N–H and O–H groups in total. The van der Waals surface area contributed by atoms with Crippen molar-refractivity contribution in [1.29, 1.82) is 0 Å². The van der Waals surface area contributed by atoms with Crippen LogP contribution in [-0.2, 0) is 0 Å². The van der Waals surface area contributed by atoms with Crippen LogP contribution >= 0.6 is 0 Å². The second-order valence-electron chi connectivity index (χ2n) is 5.51. The summed E-state index contributed by atoms with van der Waals surface area (Å²) >= 11 is 0. The summed E-state index contributed by atoms with van der Waals surface area (Å²) in [6, 6.07) is 0.708. The van der Waals surface area contributed by atoms with E-state index in [1.54, 1.807) is 0 Å². The molecule has 0 aromatic rings. The molecule has 2 fully saturated rings. The molecule has 94 valence electrons. The van der Waals surface area contributed by atoms with Crippen molar-refractivity contribution >= 4 is 0 Å². The second kappa shape index (κ2) is 5.99. The van der Waals surface area contributed by atoms with Crippen LogP contribution in [0.1, 0.15) is 39.0 Å². The average molecular weight is 226 g/mol. The highest BCUT2D eigenvalue weighted by atomic mass is 16.3. The maximum Gasteiger partial charge on any atom is 0.0791 e. The minimum Gasteiger partial charge on any atom is -0.390 e. The molecule has 0 bridgehead atoms. The lowest BCUT2D eigenvalue weighted by atomic mass is 9.95. The number of nitrogens with one attached hydrogen (secondary N) is 1. The Kier molecular flexibility index (Phi) is 4.62. The van der Waals surface area contributed by atoms with Gasteiger partial charge in [-0.05, 0) is 38.1 Å². The van der Waals surface area contributed by atoms with Gasteiger partial charge < -0.3 is 15.3 Å². The van der Waals surface area contributed by atoms with Crippen molar-refractivity contribution in [2.75, 3.05) is 26.2 Å². The maximum atomic E-state index is 9.93. The maximum absolute atomic E-state index is 9.93. The van der Waals surface area contributed by atoms with Crippen molar-refractivity contribution in [2.24, 2.45) is 5.92 Å². The summed E-state index contributed by atoms with van der Waals surface area (Å²) in [5.74, 6) is 0.859. The van der Waals surface area contributed by atoms with E-state index >= 15 is 0 Å². The molecule has 0 aromatic carbocycles. The number of aliphatic hydroxyl groups excluding tert-OH is 1. The molecular formula is C13H26N2O. The minimum absolute atomic E-state index is 0.184. The Labute approximate surface area is 99.2 Å². The van der Waals surface area contributed by atoms with Crippen LogP contribution in [0.4, 0.5) is 0 Å². The number of β-amino-alcohol motifs (C(OH)–C–C–N with tert-alkyl or cyclic N) is 1. The van der Waals surface area contributed by atoms with Crippen LogP contribution in [0.3, 0.4) is 0 Å². The predicted molar refractivity (Wildman–Crippen MR) is 66.5 cm³/mol. The molecule has 3 nitrogen and oxygen atoms in total. The van der Waals surface area contributed by atoms with E-state index < -0.39 is 0 Å². The number of piperidine rings is 1. The Morgan fingerprint density at radius 3 is 2.88 bits per heavy atom. The molecule has 1 aliphatic heterocycles. The van der Waals surface area contributed by atoms with Crippen LogP contribution in [0.2, 0.25) is 0 Å². The van der Waals surface area contributed by atoms with Crippen molar-refractivity contribution in [3.63, 3.8) is 0 Å². The molecule has 1 heterocycles. The fourth-order valence-corrected chi connectivity index (χ4v) is 2.60. The molecular weight excluding hydrogens is 200 g/mol. The van der Waals surface area contributed by atoms with E-state index in [2.05, 4.69) is 17.1 Å². The van der Waals surface area contributed by atoms with Crippen molar-refractivity contribution in [3.05, 3.63) is 0 Å². The zero-order chi connectivity index (χ0) is 11.4. The van der Waals surface area contributed by atoms with Gasteiger partial charge in [0, 0.05) is 25.7 Å². The fraction of sp³-hybridized carbons (Fsp3) is 1.00. The first-order chi connectivity index (χ1) is 7.78. The van der Waals surface area contributed by atoms with Gasteiger partial charge in [-0.15, -0.1) is 0 Å². The summed E-state index contributed by atoms with van der Waals surface area (Å²) in [4.78, 5) is 2.44. The smallest absolute Gasteiger partial charge is 0.0791 e. The van der Waals surface area contributed by atoms with Crippen LogP contribution in [0.15, 0.2) is 0 Å². The molecule has 1 saturated heterocycles. The summed E-state index contributed by atoms with van der Waals surface area (Å²) in [5, 5.41) is 13.3. The van der Waals surface area contributed by atoms with Crippen molar-refractivity contribution in [1.82, 2.24) is 10.2 Å². The van der Waals surface area contributed by atoms with Crippen molar-refractivity contribution in [3.8, 4) is 0 Å². The topological polar surface area (TPSA) is 35.5 Å². The molecule has 1 saturated carbocycles. The Bertz CT molecular complexity index is 206. The predicted octanol–water partition coefficient (Wildman–Crippen LogP) is 1.22. The van der Waals surface area contributed by atoms with Gasteiger partial charge in [0.1, 0.15) is 0 Å². The molecule has 2 atom stereocenters. The molecule has 16 heavy (non-hydrogen) atoms. The quantitative estimate of drug-likeness (QED) is 0.715. The first-order valence-corrected chi connectivity index (χ1v) is 6.91. The van der Waals surface area contributed by atoms with E-state index in [1.165, 1.54) is 45.2 Å². The van der Waals surface area contributed by atoms with E-state index in [9.17, 15) is 5.11 Å². The van der Waals surface area contributed by atoms with Crippen LogP contribution in [-0.4, -0.2) is 48.3 Å². The number of likely N-dealkylation sites (tertiary alicyclic amines) is 1. The third kappa shape index (κ3) is 4.04. The third-order valence-corrected chi connectivity index (χ3v) is 3.87. The van der Waals surface area contributed by atoms with E-state index in [1.807, 2.05) is 0 Å². The zero-order valence-corrected chi connectivity index (χ0v) is 10.5. The number of hydrogen-bond acceptors (Lipinski definition) is 3. The van der Waals surface area contributed by atoms with Crippen LogP contribution in [0.25, 0.3) is 0 Å². The molecule has 0 radical (unpaired) electrons. The Hall–Kier alpha value is -0.120. The highest BCUT2D eigenvalue weighted by Gasteiger charge is 2.23. The lowest BCUT2D eigenvalue weighted by molar-refractivity contribution is 0.0830. The van der Waals surface area contributed by atoms with E-state index in [0.29, 0.717) is 6.04 Å². The molecule has 1 aliphatic carbocycles. The lowest BCUT2D eigenvalue weighted by Gasteiger charge is -2.33. The first kappa shape index (κ1) is 12.3. The molecule has 0 amide bonds. The zero-order valence-electron chi connectivity index (χ0n) is 10.5. The summed E-state index contributed by atoms with van der Waals surface area (Å²) < 4.78 is 0. The van der Waals surface area contributed by atoms with Crippen LogP contribution in [0, 0.1) is 5.92 Å². The monoisotopic (exact) mass is 226 g/mol. The van der Waals surface area contributed by atoms with Gasteiger partial charge >= 0.3 is 0 Å². The highest BCUT2D eigenvalue weighted by molar-refractivity contribution is 4.83. The fourth-order valence-electron chi connectivity index (χ4n) is 2.60. The molecule has 0 spiro atoms. The largest absolute Gasteiger partial charge is 0.390 e. The summed E-state index contributed by atoms with van der Waals surface area (Å²) in [5.41, 5.74) is 0. The lowest BCUT2D eigenvalue weighted by Crippen LogP contribution is -2.43. The van der Waals surface area contributed by atoms with Gasteiger partial charge in [0.25, 0.3) is 0 Å². The molecule has 2 unspecified atom stereocenters. The molecule has 3 heteroatoms.